The van der Waals surface area contributed by atoms with Gasteiger partial charge in [-0.05, 0) is 19.4 Å². The van der Waals surface area contributed by atoms with Crippen LogP contribution in [-0.4, -0.2) is 44.4 Å². The van der Waals surface area contributed by atoms with E-state index in [1.165, 1.54) is 34.3 Å². The van der Waals surface area contributed by atoms with E-state index < -0.39 is 18.8 Å². The lowest BCUT2D eigenvalue weighted by atomic mass is 10.0. The molecule has 28 heavy (non-hydrogen) atoms. The summed E-state index contributed by atoms with van der Waals surface area (Å²) in [6.07, 6.45) is -3.21. The SMILES string of the molecule is CO/C=C(/C(=O)OC)c1ccccc1CO/N=C(C)/C(C)=N/OCC(F)(F)F. The van der Waals surface area contributed by atoms with Gasteiger partial charge in [0.1, 0.15) is 23.6 Å². The number of halogens is 3. The Kier molecular flexibility index (Phi) is 9.00. The van der Waals surface area contributed by atoms with Gasteiger partial charge in [-0.1, -0.05) is 34.6 Å². The van der Waals surface area contributed by atoms with E-state index in [-0.39, 0.29) is 23.6 Å². The second-order valence-corrected chi connectivity index (χ2v) is 5.43. The second-order valence-electron chi connectivity index (χ2n) is 5.43. The summed E-state index contributed by atoms with van der Waals surface area (Å²) in [5.41, 5.74) is 1.72. The van der Waals surface area contributed by atoms with Crippen LogP contribution >= 0.6 is 0 Å². The van der Waals surface area contributed by atoms with Crippen LogP contribution in [0.5, 0.6) is 0 Å². The normalized spacial score (nSPS) is 13.2. The molecule has 0 heterocycles. The third-order valence-corrected chi connectivity index (χ3v) is 3.32. The summed E-state index contributed by atoms with van der Waals surface area (Å²) in [5.74, 6) is -0.584. The van der Waals surface area contributed by atoms with Crippen LogP contribution in [0.15, 0.2) is 40.8 Å². The third-order valence-electron chi connectivity index (χ3n) is 3.32. The lowest BCUT2D eigenvalue weighted by Gasteiger charge is -2.11. The highest BCUT2D eigenvalue weighted by Gasteiger charge is 2.28. The summed E-state index contributed by atoms with van der Waals surface area (Å²) >= 11 is 0. The summed E-state index contributed by atoms with van der Waals surface area (Å²) < 4.78 is 45.8. The van der Waals surface area contributed by atoms with Crippen LogP contribution < -0.4 is 0 Å². The van der Waals surface area contributed by atoms with Gasteiger partial charge in [0, 0.05) is 5.56 Å². The molecule has 7 nitrogen and oxygen atoms in total. The molecule has 1 aromatic carbocycles. The average molecular weight is 402 g/mol. The van der Waals surface area contributed by atoms with Crippen molar-refractivity contribution in [1.29, 1.82) is 0 Å². The van der Waals surface area contributed by atoms with E-state index in [1.807, 2.05) is 0 Å². The molecule has 1 aromatic rings. The van der Waals surface area contributed by atoms with Crippen LogP contribution in [0.4, 0.5) is 13.2 Å². The van der Waals surface area contributed by atoms with E-state index in [2.05, 4.69) is 15.1 Å². The minimum absolute atomic E-state index is 0.0117. The number of benzene rings is 1. The topological polar surface area (TPSA) is 78.7 Å². The van der Waals surface area contributed by atoms with Crippen molar-refractivity contribution in [3.63, 3.8) is 0 Å². The van der Waals surface area contributed by atoms with Gasteiger partial charge in [0.05, 0.1) is 20.5 Å². The fraction of sp³-hybridized carbons (Fsp3) is 0.389. The molecule has 0 N–H and O–H groups in total. The van der Waals surface area contributed by atoms with Crippen molar-refractivity contribution in [2.75, 3.05) is 20.8 Å². The van der Waals surface area contributed by atoms with Crippen LogP contribution in [0.2, 0.25) is 0 Å². The Morgan fingerprint density at radius 2 is 1.68 bits per heavy atom. The standard InChI is InChI=1S/C18H21F3N2O5/c1-12(13(2)23-28-11-18(19,20)21)22-27-9-14-7-5-6-8-15(14)16(10-25-3)17(24)26-4/h5-8,10H,9,11H2,1-4H3/b16-10+,22-12+,23-13+. The summed E-state index contributed by atoms with van der Waals surface area (Å²) in [4.78, 5) is 21.4. The fourth-order valence-electron chi connectivity index (χ4n) is 1.89. The number of ether oxygens (including phenoxy) is 2. The number of methoxy groups -OCH3 is 2. The summed E-state index contributed by atoms with van der Waals surface area (Å²) in [6.45, 7) is 1.44. The number of carbonyl (C=O) groups excluding carboxylic acids is 1. The van der Waals surface area contributed by atoms with Crippen LogP contribution in [0.3, 0.4) is 0 Å². The molecule has 0 unspecified atom stereocenters. The maximum absolute atomic E-state index is 12.0. The largest absolute Gasteiger partial charge is 0.503 e. The molecule has 0 amide bonds. The molecular weight excluding hydrogens is 381 g/mol. The number of hydrogen-bond donors (Lipinski definition) is 0. The monoisotopic (exact) mass is 402 g/mol. The molecular formula is C18H21F3N2O5. The molecule has 0 spiro atoms. The zero-order valence-electron chi connectivity index (χ0n) is 15.9. The number of rotatable bonds is 9. The predicted octanol–water partition coefficient (Wildman–Crippen LogP) is 3.69. The van der Waals surface area contributed by atoms with Crippen molar-refractivity contribution in [1.82, 2.24) is 0 Å². The first kappa shape index (κ1) is 23.0. The maximum Gasteiger partial charge on any atom is 0.425 e. The molecule has 0 atom stereocenters. The zero-order valence-corrected chi connectivity index (χ0v) is 15.9. The molecule has 0 aliphatic rings. The Labute approximate surface area is 160 Å². The first-order valence-corrected chi connectivity index (χ1v) is 7.99. The van der Waals surface area contributed by atoms with Gasteiger partial charge in [-0.3, -0.25) is 0 Å². The highest BCUT2D eigenvalue weighted by molar-refractivity contribution is 6.40. The molecule has 154 valence electrons. The van der Waals surface area contributed by atoms with Gasteiger partial charge in [0.15, 0.2) is 0 Å². The van der Waals surface area contributed by atoms with Crippen LogP contribution in [-0.2, 0) is 30.6 Å². The van der Waals surface area contributed by atoms with Crippen molar-refractivity contribution in [2.24, 2.45) is 10.3 Å². The summed E-state index contributed by atoms with van der Waals surface area (Å²) in [7, 11) is 2.65. The van der Waals surface area contributed by atoms with Gasteiger partial charge < -0.3 is 19.1 Å². The molecule has 0 aliphatic carbocycles. The number of hydrogen-bond acceptors (Lipinski definition) is 7. The molecule has 0 saturated heterocycles. The Balaban J connectivity index is 2.85. The van der Waals surface area contributed by atoms with E-state index in [4.69, 9.17) is 14.3 Å². The molecule has 0 aromatic heterocycles. The number of alkyl halides is 3. The van der Waals surface area contributed by atoms with Crippen molar-refractivity contribution in [2.45, 2.75) is 26.6 Å². The Morgan fingerprint density at radius 3 is 2.25 bits per heavy atom. The number of oxime groups is 2. The molecule has 0 fully saturated rings. The highest BCUT2D eigenvalue weighted by Crippen LogP contribution is 2.21. The number of esters is 1. The van der Waals surface area contributed by atoms with Crippen molar-refractivity contribution >= 4 is 23.0 Å². The van der Waals surface area contributed by atoms with Gasteiger partial charge in [0.25, 0.3) is 0 Å². The lowest BCUT2D eigenvalue weighted by Crippen LogP contribution is -2.16. The van der Waals surface area contributed by atoms with E-state index >= 15 is 0 Å². The highest BCUT2D eigenvalue weighted by atomic mass is 19.4. The first-order valence-electron chi connectivity index (χ1n) is 7.99. The number of carbonyl (C=O) groups is 1. The minimum Gasteiger partial charge on any atom is -0.503 e. The van der Waals surface area contributed by atoms with Crippen molar-refractivity contribution < 1.29 is 37.1 Å². The summed E-state index contributed by atoms with van der Waals surface area (Å²) in [6, 6.07) is 6.89. The molecule has 0 radical (unpaired) electrons. The van der Waals surface area contributed by atoms with Gasteiger partial charge in [-0.2, -0.15) is 13.2 Å². The zero-order chi connectivity index (χ0) is 21.2. The van der Waals surface area contributed by atoms with Crippen LogP contribution in [0, 0.1) is 0 Å². The minimum atomic E-state index is -4.47. The smallest absolute Gasteiger partial charge is 0.425 e. The Hall–Kier alpha value is -3.04. The molecule has 10 heteroatoms. The van der Waals surface area contributed by atoms with E-state index in [0.29, 0.717) is 11.1 Å². The lowest BCUT2D eigenvalue weighted by molar-refractivity contribution is -0.173. The molecule has 0 bridgehead atoms. The predicted molar refractivity (Wildman–Crippen MR) is 96.5 cm³/mol. The number of nitrogens with zero attached hydrogens (tertiary/aromatic N) is 2. The van der Waals surface area contributed by atoms with E-state index in [9.17, 15) is 18.0 Å². The quantitative estimate of drug-likeness (QED) is 0.207. The maximum atomic E-state index is 12.0. The van der Waals surface area contributed by atoms with Crippen LogP contribution in [0.1, 0.15) is 25.0 Å². The van der Waals surface area contributed by atoms with Gasteiger partial charge >= 0.3 is 12.1 Å². The first-order chi connectivity index (χ1) is 13.2. The van der Waals surface area contributed by atoms with Crippen molar-refractivity contribution in [3.05, 3.63) is 41.7 Å². The van der Waals surface area contributed by atoms with E-state index in [0.717, 1.165) is 0 Å². The summed E-state index contributed by atoms with van der Waals surface area (Å²) in [5, 5.41) is 7.14. The fourth-order valence-corrected chi connectivity index (χ4v) is 1.89. The van der Waals surface area contributed by atoms with Gasteiger partial charge in [-0.25, -0.2) is 4.79 Å². The second kappa shape index (κ2) is 11.0. The molecule has 1 rings (SSSR count). The van der Waals surface area contributed by atoms with Gasteiger partial charge in [-0.15, -0.1) is 0 Å². The molecule has 0 aliphatic heterocycles. The Morgan fingerprint density at radius 1 is 1.07 bits per heavy atom. The average Bonchev–Trinajstić information content (AvgIpc) is 2.64. The van der Waals surface area contributed by atoms with Gasteiger partial charge in [0.2, 0.25) is 6.61 Å². The molecule has 0 saturated carbocycles. The van der Waals surface area contributed by atoms with Crippen molar-refractivity contribution in [3.8, 4) is 0 Å². The van der Waals surface area contributed by atoms with E-state index in [1.54, 1.807) is 24.3 Å². The van der Waals surface area contributed by atoms with Crippen LogP contribution in [0.25, 0.3) is 5.57 Å². The third kappa shape index (κ3) is 7.68. The Bertz CT molecular complexity index is 758.